The summed E-state index contributed by atoms with van der Waals surface area (Å²) in [5, 5.41) is 11.2. The van der Waals surface area contributed by atoms with Gasteiger partial charge in [0.25, 0.3) is 0 Å². The maximum Gasteiger partial charge on any atom is 0.406 e. The minimum atomic E-state index is -0.667. The van der Waals surface area contributed by atoms with Crippen LogP contribution in [0, 0.1) is 15.9 Å². The van der Waals surface area contributed by atoms with Crippen molar-refractivity contribution in [2.75, 3.05) is 0 Å². The summed E-state index contributed by atoms with van der Waals surface area (Å²) in [5.74, 6) is -1.02. The summed E-state index contributed by atoms with van der Waals surface area (Å²) in [7, 11) is 0. The molecule has 3 aromatic rings. The van der Waals surface area contributed by atoms with Crippen molar-refractivity contribution in [3.8, 4) is 11.6 Å². The van der Waals surface area contributed by atoms with Crippen LogP contribution in [-0.2, 0) is 0 Å². The molecule has 104 valence electrons. The second kappa shape index (κ2) is 5.08. The number of hydrogen-bond donors (Lipinski definition) is 0. The predicted molar refractivity (Wildman–Crippen MR) is 70.5 cm³/mol. The van der Waals surface area contributed by atoms with Gasteiger partial charge in [-0.3, -0.25) is 0 Å². The van der Waals surface area contributed by atoms with Gasteiger partial charge in [0.15, 0.2) is 0 Å². The second-order valence-electron chi connectivity index (χ2n) is 4.00. The molecule has 0 aliphatic heterocycles. The zero-order valence-electron chi connectivity index (χ0n) is 10.4. The van der Waals surface area contributed by atoms with E-state index in [1.54, 1.807) is 6.07 Å². The third kappa shape index (κ3) is 2.34. The van der Waals surface area contributed by atoms with Gasteiger partial charge < -0.3 is 14.9 Å². The van der Waals surface area contributed by atoms with Crippen molar-refractivity contribution >= 4 is 16.7 Å². The molecule has 3 rings (SSSR count). The fourth-order valence-electron chi connectivity index (χ4n) is 1.81. The van der Waals surface area contributed by atoms with Gasteiger partial charge in [0.1, 0.15) is 23.9 Å². The highest BCUT2D eigenvalue weighted by Gasteiger charge is 2.18. The first kappa shape index (κ1) is 12.9. The number of pyridine rings is 1. The van der Waals surface area contributed by atoms with E-state index in [1.807, 2.05) is 0 Å². The highest BCUT2D eigenvalue weighted by atomic mass is 19.1. The molecule has 0 spiro atoms. The summed E-state index contributed by atoms with van der Waals surface area (Å²) in [6.07, 6.45) is 2.41. The molecule has 0 aliphatic rings. The van der Waals surface area contributed by atoms with Crippen molar-refractivity contribution in [1.82, 2.24) is 15.0 Å². The molecule has 2 aromatic heterocycles. The molecule has 0 N–H and O–H groups in total. The van der Waals surface area contributed by atoms with Gasteiger partial charge in [-0.15, -0.1) is 0 Å². The summed E-state index contributed by atoms with van der Waals surface area (Å²) < 4.78 is 19.1. The SMILES string of the molecule is O=[N+]([O-])c1ncccc1Oc1ncnc2c(F)cccc12. The Hall–Kier alpha value is -3.16. The smallest absolute Gasteiger partial charge is 0.406 e. The molecule has 0 radical (unpaired) electrons. The van der Waals surface area contributed by atoms with Crippen LogP contribution in [0.15, 0.2) is 42.9 Å². The van der Waals surface area contributed by atoms with Crippen molar-refractivity contribution in [1.29, 1.82) is 0 Å². The minimum absolute atomic E-state index is 0.0237. The van der Waals surface area contributed by atoms with Crippen LogP contribution in [0.4, 0.5) is 10.2 Å². The molecule has 0 saturated heterocycles. The molecule has 21 heavy (non-hydrogen) atoms. The largest absolute Gasteiger partial charge is 0.429 e. The quantitative estimate of drug-likeness (QED) is 0.543. The van der Waals surface area contributed by atoms with E-state index >= 15 is 0 Å². The molecule has 0 fully saturated rings. The number of rotatable bonds is 3. The summed E-state index contributed by atoms with van der Waals surface area (Å²) in [6.45, 7) is 0. The molecule has 0 saturated carbocycles. The molecular weight excluding hydrogens is 279 g/mol. The molecule has 2 heterocycles. The maximum absolute atomic E-state index is 13.6. The van der Waals surface area contributed by atoms with Gasteiger partial charge in [-0.25, -0.2) is 14.4 Å². The average molecular weight is 286 g/mol. The number of halogens is 1. The zero-order chi connectivity index (χ0) is 14.8. The highest BCUT2D eigenvalue weighted by Crippen LogP contribution is 2.31. The monoisotopic (exact) mass is 286 g/mol. The van der Waals surface area contributed by atoms with E-state index in [9.17, 15) is 14.5 Å². The van der Waals surface area contributed by atoms with Gasteiger partial charge in [-0.05, 0) is 34.2 Å². The summed E-state index contributed by atoms with van der Waals surface area (Å²) in [5.41, 5.74) is 0.0778. The van der Waals surface area contributed by atoms with Gasteiger partial charge >= 0.3 is 5.82 Å². The number of para-hydroxylation sites is 1. The van der Waals surface area contributed by atoms with Crippen LogP contribution in [0.2, 0.25) is 0 Å². The van der Waals surface area contributed by atoms with E-state index in [0.29, 0.717) is 5.39 Å². The first-order valence-electron chi connectivity index (χ1n) is 5.83. The zero-order valence-corrected chi connectivity index (χ0v) is 10.4. The van der Waals surface area contributed by atoms with E-state index in [0.717, 1.165) is 6.33 Å². The van der Waals surface area contributed by atoms with Crippen LogP contribution in [-0.4, -0.2) is 19.9 Å². The van der Waals surface area contributed by atoms with Crippen LogP contribution in [0.3, 0.4) is 0 Å². The molecule has 0 aliphatic carbocycles. The molecule has 1 aromatic carbocycles. The minimum Gasteiger partial charge on any atom is -0.429 e. The molecule has 8 heteroatoms. The summed E-state index contributed by atoms with van der Waals surface area (Å²) in [4.78, 5) is 21.6. The number of hydrogen-bond acceptors (Lipinski definition) is 6. The van der Waals surface area contributed by atoms with Crippen LogP contribution < -0.4 is 4.74 Å². The number of benzene rings is 1. The Bertz CT molecular complexity index is 841. The van der Waals surface area contributed by atoms with Crippen molar-refractivity contribution in [2.45, 2.75) is 0 Å². The van der Waals surface area contributed by atoms with Gasteiger partial charge in [0.2, 0.25) is 11.6 Å². The lowest BCUT2D eigenvalue weighted by molar-refractivity contribution is -0.390. The van der Waals surface area contributed by atoms with Crippen molar-refractivity contribution in [3.63, 3.8) is 0 Å². The third-order valence-corrected chi connectivity index (χ3v) is 2.71. The number of aromatic nitrogens is 3. The Morgan fingerprint density at radius 1 is 1.14 bits per heavy atom. The predicted octanol–water partition coefficient (Wildman–Crippen LogP) is 2.86. The molecule has 0 amide bonds. The van der Waals surface area contributed by atoms with Crippen LogP contribution in [0.5, 0.6) is 11.6 Å². The Kier molecular flexibility index (Phi) is 3.11. The maximum atomic E-state index is 13.6. The Morgan fingerprint density at radius 3 is 2.81 bits per heavy atom. The molecule has 0 atom stereocenters. The lowest BCUT2D eigenvalue weighted by Crippen LogP contribution is -1.98. The number of nitrogens with zero attached hydrogens (tertiary/aromatic N) is 4. The lowest BCUT2D eigenvalue weighted by Gasteiger charge is -2.07. The molecule has 7 nitrogen and oxygen atoms in total. The molecular formula is C13H7FN4O3. The third-order valence-electron chi connectivity index (χ3n) is 2.71. The van der Waals surface area contributed by atoms with Crippen molar-refractivity contribution < 1.29 is 14.1 Å². The average Bonchev–Trinajstić information content (AvgIpc) is 2.49. The summed E-state index contributed by atoms with van der Waals surface area (Å²) >= 11 is 0. The van der Waals surface area contributed by atoms with Crippen LogP contribution >= 0.6 is 0 Å². The number of ether oxygens (including phenoxy) is 1. The lowest BCUT2D eigenvalue weighted by atomic mass is 10.2. The van der Waals surface area contributed by atoms with Gasteiger partial charge in [0.05, 0.1) is 5.39 Å². The van der Waals surface area contributed by atoms with Gasteiger partial charge in [0, 0.05) is 0 Å². The standard InChI is InChI=1S/C13H7FN4O3/c14-9-4-1-3-8-11(9)16-7-17-13(8)21-10-5-2-6-15-12(10)18(19)20/h1-7H. The van der Waals surface area contributed by atoms with Gasteiger partial charge in [-0.1, -0.05) is 6.07 Å². The van der Waals surface area contributed by atoms with E-state index in [1.165, 1.54) is 30.5 Å². The van der Waals surface area contributed by atoms with Gasteiger partial charge in [-0.2, -0.15) is 0 Å². The molecule has 0 unspecified atom stereocenters. The Labute approximate surface area is 117 Å². The first-order valence-corrected chi connectivity index (χ1v) is 5.83. The second-order valence-corrected chi connectivity index (χ2v) is 4.00. The fourth-order valence-corrected chi connectivity index (χ4v) is 1.81. The molecule has 0 bridgehead atoms. The van der Waals surface area contributed by atoms with E-state index in [-0.39, 0.29) is 17.1 Å². The van der Waals surface area contributed by atoms with E-state index < -0.39 is 16.6 Å². The van der Waals surface area contributed by atoms with Crippen LogP contribution in [0.1, 0.15) is 0 Å². The summed E-state index contributed by atoms with van der Waals surface area (Å²) in [6, 6.07) is 7.18. The highest BCUT2D eigenvalue weighted by molar-refractivity contribution is 5.83. The Balaban J connectivity index is 2.11. The topological polar surface area (TPSA) is 91.0 Å². The van der Waals surface area contributed by atoms with Crippen molar-refractivity contribution in [2.24, 2.45) is 0 Å². The number of nitro groups is 1. The van der Waals surface area contributed by atoms with Crippen molar-refractivity contribution in [3.05, 3.63) is 58.8 Å². The fraction of sp³-hybridized carbons (Fsp3) is 0. The van der Waals surface area contributed by atoms with E-state index in [2.05, 4.69) is 15.0 Å². The first-order chi connectivity index (χ1) is 10.2. The Morgan fingerprint density at radius 2 is 2.00 bits per heavy atom. The van der Waals surface area contributed by atoms with E-state index in [4.69, 9.17) is 4.74 Å². The normalized spacial score (nSPS) is 10.5. The number of fused-ring (bicyclic) bond motifs is 1. The van der Waals surface area contributed by atoms with Crippen LogP contribution in [0.25, 0.3) is 10.9 Å².